The second-order valence-electron chi connectivity index (χ2n) is 1.41. The molecule has 0 saturated carbocycles. The Hall–Kier alpha value is -1.05. The summed E-state index contributed by atoms with van der Waals surface area (Å²) in [5.41, 5.74) is 6.12. The first kappa shape index (κ1) is 6.95. The van der Waals surface area contributed by atoms with Gasteiger partial charge in [-0.2, -0.15) is 0 Å². The molecule has 2 N–H and O–H groups in total. The zero-order valence-electron chi connectivity index (χ0n) is 4.96. The smallest absolute Gasteiger partial charge is 0.0263 e. The van der Waals surface area contributed by atoms with Crippen LogP contribution in [0.3, 0.4) is 0 Å². The lowest BCUT2D eigenvalue weighted by Gasteiger charge is -1.82. The van der Waals surface area contributed by atoms with E-state index in [0.29, 0.717) is 0 Å². The molecule has 0 atom stereocenters. The van der Waals surface area contributed by atoms with E-state index in [1.165, 1.54) is 6.20 Å². The maximum Gasteiger partial charge on any atom is 0.0263 e. The first-order valence-electron chi connectivity index (χ1n) is 2.32. The molecule has 0 aromatic rings. The topological polar surface area (TPSA) is 38.4 Å². The monoisotopic (exact) mass is 110 g/mol. The van der Waals surface area contributed by atoms with Crippen molar-refractivity contribution in [1.29, 1.82) is 0 Å². The number of aliphatic imine (C=N–C) groups is 1. The van der Waals surface area contributed by atoms with Crippen LogP contribution >= 0.6 is 0 Å². The molecule has 0 aliphatic heterocycles. The number of nitrogens with two attached hydrogens (primary N) is 1. The maximum atomic E-state index is 5.14. The van der Waals surface area contributed by atoms with Crippen molar-refractivity contribution < 1.29 is 0 Å². The van der Waals surface area contributed by atoms with Gasteiger partial charge in [0.1, 0.15) is 0 Å². The second-order valence-corrected chi connectivity index (χ2v) is 1.41. The summed E-state index contributed by atoms with van der Waals surface area (Å²) in [6.45, 7) is 5.15. The van der Waals surface area contributed by atoms with Crippen molar-refractivity contribution >= 4 is 6.72 Å². The Morgan fingerprint density at radius 3 is 2.75 bits per heavy atom. The van der Waals surface area contributed by atoms with E-state index in [4.69, 9.17) is 5.73 Å². The molecule has 0 radical (unpaired) electrons. The summed E-state index contributed by atoms with van der Waals surface area (Å²) in [5, 5.41) is 0. The summed E-state index contributed by atoms with van der Waals surface area (Å²) in [6.07, 6.45) is 4.90. The van der Waals surface area contributed by atoms with Crippen LogP contribution in [0.4, 0.5) is 0 Å². The van der Waals surface area contributed by atoms with Gasteiger partial charge in [-0.25, -0.2) is 0 Å². The zero-order chi connectivity index (χ0) is 6.41. The Balaban J connectivity index is 3.69. The predicted octanol–water partition coefficient (Wildman–Crippen LogP) is 1.06. The molecule has 0 fully saturated rings. The van der Waals surface area contributed by atoms with Gasteiger partial charge in [-0.05, 0) is 31.5 Å². The predicted molar refractivity (Wildman–Crippen MR) is 36.6 cm³/mol. The van der Waals surface area contributed by atoms with Crippen LogP contribution in [0.5, 0.6) is 0 Å². The van der Waals surface area contributed by atoms with E-state index in [0.717, 1.165) is 5.57 Å². The van der Waals surface area contributed by atoms with Crippen LogP contribution in [0.15, 0.2) is 29.0 Å². The van der Waals surface area contributed by atoms with Crippen molar-refractivity contribution in [2.24, 2.45) is 10.7 Å². The van der Waals surface area contributed by atoms with E-state index in [2.05, 4.69) is 11.7 Å². The zero-order valence-corrected chi connectivity index (χ0v) is 4.96. The standard InChI is InChI=1S/C6H10N2/c1-6(5-7)3-4-8-2/h3-5H,2,7H2,1H3/b4-3-,6-5-. The SMILES string of the molecule is C=N/C=C\C(C)=C/N. The first-order chi connectivity index (χ1) is 3.81. The molecule has 2 heteroatoms. The number of nitrogens with zero attached hydrogens (tertiary/aromatic N) is 1. The fraction of sp³-hybridized carbons (Fsp3) is 0.167. The van der Waals surface area contributed by atoms with Gasteiger partial charge in [0.25, 0.3) is 0 Å². The van der Waals surface area contributed by atoms with Gasteiger partial charge in [-0.15, -0.1) is 0 Å². The van der Waals surface area contributed by atoms with E-state index in [1.807, 2.05) is 6.92 Å². The first-order valence-corrected chi connectivity index (χ1v) is 2.32. The summed E-state index contributed by atoms with van der Waals surface area (Å²) >= 11 is 0. The van der Waals surface area contributed by atoms with E-state index in [1.54, 1.807) is 12.3 Å². The molecule has 0 bridgehead atoms. The second kappa shape index (κ2) is 4.12. The van der Waals surface area contributed by atoms with Crippen LogP contribution < -0.4 is 5.73 Å². The summed E-state index contributed by atoms with van der Waals surface area (Å²) in [7, 11) is 0. The van der Waals surface area contributed by atoms with Gasteiger partial charge in [-0.3, -0.25) is 4.99 Å². The Morgan fingerprint density at radius 2 is 2.38 bits per heavy atom. The third kappa shape index (κ3) is 3.15. The molecular weight excluding hydrogens is 100 g/mol. The Morgan fingerprint density at radius 1 is 1.75 bits per heavy atom. The van der Waals surface area contributed by atoms with Crippen molar-refractivity contribution in [3.8, 4) is 0 Å². The minimum absolute atomic E-state index is 0.984. The molecule has 0 amide bonds. The van der Waals surface area contributed by atoms with Crippen LogP contribution in [-0.4, -0.2) is 6.72 Å². The quantitative estimate of drug-likeness (QED) is 0.419. The number of hydrogen-bond donors (Lipinski definition) is 1. The molecule has 0 rings (SSSR count). The maximum absolute atomic E-state index is 5.14. The minimum atomic E-state index is 0.984. The van der Waals surface area contributed by atoms with E-state index in [9.17, 15) is 0 Å². The minimum Gasteiger partial charge on any atom is -0.404 e. The fourth-order valence-electron chi connectivity index (χ4n) is 0.226. The number of hydrogen-bond acceptors (Lipinski definition) is 2. The molecule has 0 aliphatic rings. The molecule has 0 aliphatic carbocycles. The van der Waals surface area contributed by atoms with Crippen molar-refractivity contribution in [3.63, 3.8) is 0 Å². The van der Waals surface area contributed by atoms with Gasteiger partial charge in [0.15, 0.2) is 0 Å². The van der Waals surface area contributed by atoms with Crippen LogP contribution in [0, 0.1) is 0 Å². The molecule has 0 aromatic heterocycles. The van der Waals surface area contributed by atoms with Crippen LogP contribution in [0.25, 0.3) is 0 Å². The number of allylic oxidation sites excluding steroid dienone is 2. The van der Waals surface area contributed by atoms with Gasteiger partial charge >= 0.3 is 0 Å². The van der Waals surface area contributed by atoms with Crippen LogP contribution in [-0.2, 0) is 0 Å². The van der Waals surface area contributed by atoms with Crippen molar-refractivity contribution in [1.82, 2.24) is 0 Å². The number of rotatable bonds is 2. The summed E-state index contributed by atoms with van der Waals surface area (Å²) in [5.74, 6) is 0. The molecule has 8 heavy (non-hydrogen) atoms. The van der Waals surface area contributed by atoms with Crippen LogP contribution in [0.1, 0.15) is 6.92 Å². The van der Waals surface area contributed by atoms with Gasteiger partial charge in [0, 0.05) is 6.20 Å². The van der Waals surface area contributed by atoms with Crippen molar-refractivity contribution in [3.05, 3.63) is 24.0 Å². The average molecular weight is 110 g/mol. The van der Waals surface area contributed by atoms with E-state index >= 15 is 0 Å². The molecular formula is C6H10N2. The fourth-order valence-corrected chi connectivity index (χ4v) is 0.226. The highest BCUT2D eigenvalue weighted by Crippen LogP contribution is 1.89. The van der Waals surface area contributed by atoms with Gasteiger partial charge in [0.05, 0.1) is 0 Å². The largest absolute Gasteiger partial charge is 0.404 e. The summed E-state index contributed by atoms with van der Waals surface area (Å²) < 4.78 is 0. The third-order valence-corrected chi connectivity index (χ3v) is 0.706. The Bertz CT molecular complexity index is 122. The molecule has 0 aromatic carbocycles. The molecule has 44 valence electrons. The Kier molecular flexibility index (Phi) is 3.58. The highest BCUT2D eigenvalue weighted by atomic mass is 14.6. The molecule has 0 heterocycles. The molecule has 0 saturated heterocycles. The lowest BCUT2D eigenvalue weighted by atomic mass is 10.3. The van der Waals surface area contributed by atoms with E-state index < -0.39 is 0 Å². The van der Waals surface area contributed by atoms with E-state index in [-0.39, 0.29) is 0 Å². The van der Waals surface area contributed by atoms with Crippen molar-refractivity contribution in [2.75, 3.05) is 0 Å². The molecule has 2 nitrogen and oxygen atoms in total. The third-order valence-electron chi connectivity index (χ3n) is 0.706. The summed E-state index contributed by atoms with van der Waals surface area (Å²) in [6, 6.07) is 0. The van der Waals surface area contributed by atoms with Gasteiger partial charge in [-0.1, -0.05) is 0 Å². The highest BCUT2D eigenvalue weighted by molar-refractivity contribution is 5.27. The summed E-state index contributed by atoms with van der Waals surface area (Å²) in [4.78, 5) is 3.50. The molecule has 0 unspecified atom stereocenters. The van der Waals surface area contributed by atoms with Crippen LogP contribution in [0.2, 0.25) is 0 Å². The average Bonchev–Trinajstić information content (AvgIpc) is 1.83. The highest BCUT2D eigenvalue weighted by Gasteiger charge is 1.72. The van der Waals surface area contributed by atoms with Gasteiger partial charge in [0.2, 0.25) is 0 Å². The van der Waals surface area contributed by atoms with Crippen molar-refractivity contribution in [2.45, 2.75) is 6.92 Å². The normalized spacial score (nSPS) is 12.4. The molecule has 0 spiro atoms. The lowest BCUT2D eigenvalue weighted by molar-refractivity contribution is 1.42. The Labute approximate surface area is 49.4 Å². The lowest BCUT2D eigenvalue weighted by Crippen LogP contribution is -1.79. The van der Waals surface area contributed by atoms with Gasteiger partial charge < -0.3 is 5.73 Å².